The smallest absolute Gasteiger partial charge is 0.229 e. The third-order valence-corrected chi connectivity index (χ3v) is 3.29. The molecule has 0 aromatic heterocycles. The third kappa shape index (κ3) is 2.16. The van der Waals surface area contributed by atoms with Crippen molar-refractivity contribution in [1.29, 1.82) is 0 Å². The first kappa shape index (κ1) is 12.7. The Balaban J connectivity index is 2.00. The maximum Gasteiger partial charge on any atom is 0.229 e. The molecule has 2 aromatic carbocycles. The van der Waals surface area contributed by atoms with Crippen LogP contribution in [0, 0.1) is 5.82 Å². The van der Waals surface area contributed by atoms with Crippen molar-refractivity contribution in [3.05, 3.63) is 46.7 Å². The summed E-state index contributed by atoms with van der Waals surface area (Å²) in [6.07, 6.45) is 0.0784. The second-order valence-electron chi connectivity index (χ2n) is 4.42. The van der Waals surface area contributed by atoms with Gasteiger partial charge in [0.2, 0.25) is 5.91 Å². The lowest BCUT2D eigenvalue weighted by atomic mass is 10.1. The molecule has 1 heterocycles. The molecule has 0 unspecified atom stereocenters. The van der Waals surface area contributed by atoms with Crippen molar-refractivity contribution in [3.63, 3.8) is 0 Å². The Morgan fingerprint density at radius 2 is 2.00 bits per heavy atom. The summed E-state index contributed by atoms with van der Waals surface area (Å²) in [5.74, 6) is 0.0420. The highest BCUT2D eigenvalue weighted by Crippen LogP contribution is 2.38. The zero-order valence-electron chi connectivity index (χ0n) is 10.2. The van der Waals surface area contributed by atoms with E-state index in [-0.39, 0.29) is 18.0 Å². The van der Waals surface area contributed by atoms with Crippen molar-refractivity contribution < 1.29 is 13.9 Å². The SMILES string of the molecule is Nc1ccc(Oc2ccc(F)c3c2CC(=O)N3)c(Cl)c1. The third-order valence-electron chi connectivity index (χ3n) is 3.00. The number of anilines is 2. The van der Waals surface area contributed by atoms with Gasteiger partial charge in [0.05, 0.1) is 17.1 Å². The van der Waals surface area contributed by atoms with E-state index in [1.165, 1.54) is 12.1 Å². The van der Waals surface area contributed by atoms with Crippen LogP contribution in [-0.4, -0.2) is 5.91 Å². The summed E-state index contributed by atoms with van der Waals surface area (Å²) < 4.78 is 19.3. The Morgan fingerprint density at radius 3 is 2.75 bits per heavy atom. The monoisotopic (exact) mass is 292 g/mol. The maximum atomic E-state index is 13.6. The van der Waals surface area contributed by atoms with E-state index >= 15 is 0 Å². The Bertz CT molecular complexity index is 719. The number of hydrogen-bond acceptors (Lipinski definition) is 3. The van der Waals surface area contributed by atoms with Gasteiger partial charge >= 0.3 is 0 Å². The molecule has 0 atom stereocenters. The molecule has 0 radical (unpaired) electrons. The summed E-state index contributed by atoms with van der Waals surface area (Å²) in [4.78, 5) is 11.4. The average molecular weight is 293 g/mol. The predicted molar refractivity (Wildman–Crippen MR) is 74.7 cm³/mol. The van der Waals surface area contributed by atoms with Gasteiger partial charge in [-0.25, -0.2) is 4.39 Å². The molecule has 4 nitrogen and oxygen atoms in total. The van der Waals surface area contributed by atoms with Crippen LogP contribution in [0.15, 0.2) is 30.3 Å². The largest absolute Gasteiger partial charge is 0.455 e. The molecular formula is C14H10ClFN2O2. The van der Waals surface area contributed by atoms with Gasteiger partial charge in [-0.05, 0) is 30.3 Å². The first-order chi connectivity index (χ1) is 9.54. The number of fused-ring (bicyclic) bond motifs is 1. The van der Waals surface area contributed by atoms with Crippen LogP contribution in [0.1, 0.15) is 5.56 Å². The molecule has 0 bridgehead atoms. The number of rotatable bonds is 2. The molecule has 0 saturated heterocycles. The molecular weight excluding hydrogens is 283 g/mol. The van der Waals surface area contributed by atoms with E-state index < -0.39 is 5.82 Å². The van der Waals surface area contributed by atoms with Gasteiger partial charge in [-0.1, -0.05) is 11.6 Å². The number of nitrogens with one attached hydrogen (secondary N) is 1. The van der Waals surface area contributed by atoms with E-state index in [0.29, 0.717) is 27.8 Å². The zero-order chi connectivity index (χ0) is 14.3. The van der Waals surface area contributed by atoms with Crippen molar-refractivity contribution >= 4 is 28.9 Å². The van der Waals surface area contributed by atoms with Gasteiger partial charge < -0.3 is 15.8 Å². The fourth-order valence-electron chi connectivity index (χ4n) is 2.07. The second-order valence-corrected chi connectivity index (χ2v) is 4.82. The minimum atomic E-state index is -0.485. The molecule has 1 aliphatic rings. The van der Waals surface area contributed by atoms with E-state index in [0.717, 1.165) is 0 Å². The summed E-state index contributed by atoms with van der Waals surface area (Å²) >= 11 is 6.03. The highest BCUT2D eigenvalue weighted by atomic mass is 35.5. The Labute approximate surface area is 119 Å². The first-order valence-electron chi connectivity index (χ1n) is 5.88. The Hall–Kier alpha value is -2.27. The number of halogens is 2. The quantitative estimate of drug-likeness (QED) is 0.834. The summed E-state index contributed by atoms with van der Waals surface area (Å²) in [7, 11) is 0. The molecule has 0 aliphatic carbocycles. The summed E-state index contributed by atoms with van der Waals surface area (Å²) in [5, 5.41) is 2.82. The Kier molecular flexibility index (Phi) is 2.99. The van der Waals surface area contributed by atoms with Gasteiger partial charge in [0.25, 0.3) is 0 Å². The molecule has 0 spiro atoms. The number of ether oxygens (including phenoxy) is 1. The first-order valence-corrected chi connectivity index (χ1v) is 6.26. The summed E-state index contributed by atoms with van der Waals surface area (Å²) in [6.45, 7) is 0. The van der Waals surface area contributed by atoms with Crippen LogP contribution >= 0.6 is 11.6 Å². The molecule has 0 saturated carbocycles. The molecule has 3 rings (SSSR count). The van der Waals surface area contributed by atoms with E-state index in [9.17, 15) is 9.18 Å². The lowest BCUT2D eigenvalue weighted by molar-refractivity contribution is -0.115. The highest BCUT2D eigenvalue weighted by Gasteiger charge is 2.25. The van der Waals surface area contributed by atoms with E-state index in [4.69, 9.17) is 22.1 Å². The van der Waals surface area contributed by atoms with Gasteiger partial charge in [0.15, 0.2) is 0 Å². The lowest BCUT2D eigenvalue weighted by Gasteiger charge is -2.11. The predicted octanol–water partition coefficient (Wildman–Crippen LogP) is 3.35. The van der Waals surface area contributed by atoms with Gasteiger partial charge in [-0.15, -0.1) is 0 Å². The van der Waals surface area contributed by atoms with Crippen molar-refractivity contribution in [3.8, 4) is 11.5 Å². The highest BCUT2D eigenvalue weighted by molar-refractivity contribution is 6.32. The van der Waals surface area contributed by atoms with Crippen LogP contribution in [0.25, 0.3) is 0 Å². The van der Waals surface area contributed by atoms with Crippen molar-refractivity contribution in [1.82, 2.24) is 0 Å². The number of nitrogens with two attached hydrogens (primary N) is 1. The van der Waals surface area contributed by atoms with Crippen molar-refractivity contribution in [2.45, 2.75) is 6.42 Å². The van der Waals surface area contributed by atoms with Gasteiger partial charge in [-0.3, -0.25) is 4.79 Å². The Morgan fingerprint density at radius 1 is 1.25 bits per heavy atom. The van der Waals surface area contributed by atoms with Crippen LogP contribution in [-0.2, 0) is 11.2 Å². The fourth-order valence-corrected chi connectivity index (χ4v) is 2.30. The average Bonchev–Trinajstić information content (AvgIpc) is 2.78. The van der Waals surface area contributed by atoms with Crippen LogP contribution in [0.3, 0.4) is 0 Å². The standard InChI is InChI=1S/C14H10ClFN2O2/c15-9-5-7(17)1-3-12(9)20-11-4-2-10(16)14-8(11)6-13(19)18-14/h1-5H,6,17H2,(H,18,19). The van der Waals surface area contributed by atoms with Gasteiger partial charge in [0, 0.05) is 11.3 Å². The number of benzene rings is 2. The van der Waals surface area contributed by atoms with E-state index in [2.05, 4.69) is 5.32 Å². The molecule has 2 aromatic rings. The topological polar surface area (TPSA) is 64.3 Å². The van der Waals surface area contributed by atoms with Crippen LogP contribution in [0.2, 0.25) is 5.02 Å². The lowest BCUT2D eigenvalue weighted by Crippen LogP contribution is -2.04. The zero-order valence-corrected chi connectivity index (χ0v) is 11.0. The van der Waals surface area contributed by atoms with Gasteiger partial charge in [-0.2, -0.15) is 0 Å². The number of carbonyl (C=O) groups is 1. The number of amides is 1. The molecule has 0 fully saturated rings. The van der Waals surface area contributed by atoms with Crippen molar-refractivity contribution in [2.24, 2.45) is 0 Å². The molecule has 20 heavy (non-hydrogen) atoms. The van der Waals surface area contributed by atoms with Crippen LogP contribution in [0.5, 0.6) is 11.5 Å². The van der Waals surface area contributed by atoms with E-state index in [1.54, 1.807) is 18.2 Å². The molecule has 1 amide bonds. The van der Waals surface area contributed by atoms with E-state index in [1.807, 2.05) is 0 Å². The number of carbonyl (C=O) groups excluding carboxylic acids is 1. The maximum absolute atomic E-state index is 13.6. The molecule has 6 heteroatoms. The number of hydrogen-bond donors (Lipinski definition) is 2. The summed E-state index contributed by atoms with van der Waals surface area (Å²) in [5.41, 5.74) is 6.78. The van der Waals surface area contributed by atoms with Gasteiger partial charge in [0.1, 0.15) is 17.3 Å². The molecule has 3 N–H and O–H groups in total. The molecule has 1 aliphatic heterocycles. The number of nitrogen functional groups attached to an aromatic ring is 1. The van der Waals surface area contributed by atoms with Crippen molar-refractivity contribution in [2.75, 3.05) is 11.1 Å². The van der Waals surface area contributed by atoms with Crippen LogP contribution in [0.4, 0.5) is 15.8 Å². The fraction of sp³-hybridized carbons (Fsp3) is 0.0714. The minimum absolute atomic E-state index is 0.0784. The minimum Gasteiger partial charge on any atom is -0.455 e. The summed E-state index contributed by atoms with van der Waals surface area (Å²) in [6, 6.07) is 7.54. The molecule has 102 valence electrons. The normalized spacial score (nSPS) is 13.0. The van der Waals surface area contributed by atoms with Crippen LogP contribution < -0.4 is 15.8 Å². The second kappa shape index (κ2) is 4.68.